The molecule has 3 nitrogen and oxygen atoms in total. The number of allylic oxidation sites excluding steroid dienone is 1. The summed E-state index contributed by atoms with van der Waals surface area (Å²) in [6, 6.07) is 25.0. The van der Waals surface area contributed by atoms with Gasteiger partial charge in [-0.25, -0.2) is 4.98 Å². The number of benzene rings is 3. The molecule has 0 fully saturated rings. The fraction of sp³-hybridized carbons (Fsp3) is 0.154. The summed E-state index contributed by atoms with van der Waals surface area (Å²) >= 11 is 0. The lowest BCUT2D eigenvalue weighted by atomic mass is 9.86. The molecule has 4 aromatic rings. The van der Waals surface area contributed by atoms with Gasteiger partial charge in [-0.1, -0.05) is 87.5 Å². The van der Waals surface area contributed by atoms with Gasteiger partial charge in [-0.05, 0) is 34.8 Å². The van der Waals surface area contributed by atoms with Crippen molar-refractivity contribution in [3.63, 3.8) is 0 Å². The second-order valence-electron chi connectivity index (χ2n) is 8.11. The van der Waals surface area contributed by atoms with Crippen LogP contribution in [-0.4, -0.2) is 10.8 Å². The molecule has 4 rings (SSSR count). The Labute approximate surface area is 170 Å². The molecule has 0 saturated carbocycles. The molecule has 1 aromatic heterocycles. The Morgan fingerprint density at radius 3 is 2.17 bits per heavy atom. The number of fused-ring (bicyclic) bond motifs is 1. The van der Waals surface area contributed by atoms with Gasteiger partial charge < -0.3 is 4.42 Å². The van der Waals surface area contributed by atoms with E-state index in [0.29, 0.717) is 22.6 Å². The average Bonchev–Trinajstić information content (AvgIpc) is 3.16. The Hall–Kier alpha value is -3.46. The lowest BCUT2D eigenvalue weighted by Gasteiger charge is -2.18. The molecule has 0 bridgehead atoms. The summed E-state index contributed by atoms with van der Waals surface area (Å²) in [5.74, 6) is 0.219. The van der Waals surface area contributed by atoms with Crippen LogP contribution in [0.1, 0.15) is 48.1 Å². The van der Waals surface area contributed by atoms with E-state index >= 15 is 0 Å². The van der Waals surface area contributed by atoms with E-state index < -0.39 is 0 Å². The molecule has 3 aromatic carbocycles. The first-order valence-electron chi connectivity index (χ1n) is 9.70. The van der Waals surface area contributed by atoms with Crippen molar-refractivity contribution in [2.75, 3.05) is 0 Å². The van der Waals surface area contributed by atoms with Crippen molar-refractivity contribution in [3.05, 3.63) is 101 Å². The molecule has 0 aliphatic carbocycles. The van der Waals surface area contributed by atoms with Crippen LogP contribution in [0.2, 0.25) is 0 Å². The predicted molar refractivity (Wildman–Crippen MR) is 118 cm³/mol. The van der Waals surface area contributed by atoms with Crippen molar-refractivity contribution in [2.24, 2.45) is 0 Å². The average molecular weight is 381 g/mol. The van der Waals surface area contributed by atoms with Crippen LogP contribution in [0.15, 0.2) is 83.3 Å². The first-order valence-corrected chi connectivity index (χ1v) is 9.70. The molecule has 1 heterocycles. The monoisotopic (exact) mass is 381 g/mol. The van der Waals surface area contributed by atoms with Gasteiger partial charge in [-0.15, -0.1) is 0 Å². The normalized spacial score (nSPS) is 12.3. The number of Topliss-reactive ketones (excluding diaryl/α,β-unsaturated/α-hetero) is 1. The van der Waals surface area contributed by atoms with E-state index in [0.717, 1.165) is 11.1 Å². The van der Waals surface area contributed by atoms with E-state index in [1.807, 2.05) is 72.8 Å². The van der Waals surface area contributed by atoms with Crippen molar-refractivity contribution in [3.8, 4) is 0 Å². The molecular weight excluding hydrogens is 358 g/mol. The maximum Gasteiger partial charge on any atom is 0.231 e. The second-order valence-corrected chi connectivity index (χ2v) is 8.11. The van der Waals surface area contributed by atoms with E-state index in [9.17, 15) is 4.79 Å². The minimum Gasteiger partial charge on any atom is -0.436 e. The predicted octanol–water partition coefficient (Wildman–Crippen LogP) is 6.55. The minimum atomic E-state index is -0.114. The van der Waals surface area contributed by atoms with Crippen LogP contribution in [-0.2, 0) is 5.41 Å². The number of carbonyl (C=O) groups excluding carboxylic acids is 1. The molecule has 0 saturated heterocycles. The summed E-state index contributed by atoms with van der Waals surface area (Å²) in [6.07, 6.45) is 1.85. The Kier molecular flexibility index (Phi) is 4.89. The fourth-order valence-corrected chi connectivity index (χ4v) is 3.20. The number of para-hydroxylation sites is 2. The zero-order chi connectivity index (χ0) is 20.4. The molecule has 29 heavy (non-hydrogen) atoms. The number of hydrogen-bond donors (Lipinski definition) is 0. The quantitative estimate of drug-likeness (QED) is 0.297. The van der Waals surface area contributed by atoms with Crippen LogP contribution in [0, 0.1) is 0 Å². The van der Waals surface area contributed by atoms with Gasteiger partial charge in [0.25, 0.3) is 0 Å². The number of carbonyl (C=O) groups is 1. The Bertz CT molecular complexity index is 1140. The molecule has 0 aliphatic heterocycles. The van der Waals surface area contributed by atoms with Crippen LogP contribution in [0.25, 0.3) is 22.7 Å². The lowest BCUT2D eigenvalue weighted by Crippen LogP contribution is -2.10. The number of aromatic nitrogens is 1. The molecule has 0 unspecified atom stereocenters. The highest BCUT2D eigenvalue weighted by atomic mass is 16.3. The van der Waals surface area contributed by atoms with Crippen molar-refractivity contribution < 1.29 is 9.21 Å². The topological polar surface area (TPSA) is 43.1 Å². The maximum atomic E-state index is 13.3. The molecule has 144 valence electrons. The molecule has 0 radical (unpaired) electrons. The van der Waals surface area contributed by atoms with Gasteiger partial charge >= 0.3 is 0 Å². The smallest absolute Gasteiger partial charge is 0.231 e. The zero-order valence-corrected chi connectivity index (χ0v) is 16.8. The van der Waals surface area contributed by atoms with Crippen LogP contribution < -0.4 is 0 Å². The Morgan fingerprint density at radius 1 is 0.862 bits per heavy atom. The SMILES string of the molecule is CC(C)(C)c1ccc(C=C(C(=O)c2ccccc2)c2nc3ccccc3o2)cc1. The fourth-order valence-electron chi connectivity index (χ4n) is 3.20. The number of nitrogens with zero attached hydrogens (tertiary/aromatic N) is 1. The van der Waals surface area contributed by atoms with Crippen LogP contribution in [0.4, 0.5) is 0 Å². The van der Waals surface area contributed by atoms with Crippen molar-refractivity contribution in [1.29, 1.82) is 0 Å². The molecule has 0 N–H and O–H groups in total. The van der Waals surface area contributed by atoms with Crippen LogP contribution in [0.5, 0.6) is 0 Å². The molecule has 0 amide bonds. The van der Waals surface area contributed by atoms with Gasteiger partial charge in [-0.2, -0.15) is 0 Å². The zero-order valence-electron chi connectivity index (χ0n) is 16.8. The summed E-state index contributed by atoms with van der Waals surface area (Å²) in [5.41, 5.74) is 4.69. The number of oxazole rings is 1. The summed E-state index contributed by atoms with van der Waals surface area (Å²) in [4.78, 5) is 17.8. The highest BCUT2D eigenvalue weighted by Gasteiger charge is 2.20. The van der Waals surface area contributed by atoms with Crippen LogP contribution >= 0.6 is 0 Å². The van der Waals surface area contributed by atoms with E-state index in [1.165, 1.54) is 5.56 Å². The second kappa shape index (κ2) is 7.51. The van der Waals surface area contributed by atoms with E-state index in [-0.39, 0.29) is 11.2 Å². The molecule has 0 spiro atoms. The maximum absolute atomic E-state index is 13.3. The van der Waals surface area contributed by atoms with Gasteiger partial charge in [0.15, 0.2) is 11.4 Å². The van der Waals surface area contributed by atoms with Gasteiger partial charge in [0.2, 0.25) is 5.89 Å². The summed E-state index contributed by atoms with van der Waals surface area (Å²) in [5, 5.41) is 0. The third kappa shape index (κ3) is 4.04. The van der Waals surface area contributed by atoms with E-state index in [4.69, 9.17) is 4.42 Å². The van der Waals surface area contributed by atoms with Gasteiger partial charge in [-0.3, -0.25) is 4.79 Å². The standard InChI is InChI=1S/C26H23NO2/c1-26(2,3)20-15-13-18(14-16-20)17-21(24(28)19-9-5-4-6-10-19)25-27-22-11-7-8-12-23(22)29-25/h4-17H,1-3H3. The van der Waals surface area contributed by atoms with Gasteiger partial charge in [0.1, 0.15) is 5.52 Å². The number of rotatable bonds is 4. The largest absolute Gasteiger partial charge is 0.436 e. The molecular formula is C26H23NO2. The van der Waals surface area contributed by atoms with Gasteiger partial charge in [0.05, 0.1) is 5.57 Å². The van der Waals surface area contributed by atoms with Crippen molar-refractivity contribution >= 4 is 28.5 Å². The molecule has 0 aliphatic rings. The Balaban J connectivity index is 1.81. The minimum absolute atomic E-state index is 0.0746. The van der Waals surface area contributed by atoms with Gasteiger partial charge in [0, 0.05) is 5.56 Å². The summed E-state index contributed by atoms with van der Waals surface area (Å²) < 4.78 is 5.92. The highest BCUT2D eigenvalue weighted by Crippen LogP contribution is 2.27. The van der Waals surface area contributed by atoms with Crippen LogP contribution in [0.3, 0.4) is 0 Å². The lowest BCUT2D eigenvalue weighted by molar-refractivity contribution is 0.105. The molecule has 3 heteroatoms. The summed E-state index contributed by atoms with van der Waals surface area (Å²) in [7, 11) is 0. The highest BCUT2D eigenvalue weighted by molar-refractivity contribution is 6.31. The molecule has 0 atom stereocenters. The third-order valence-corrected chi connectivity index (χ3v) is 4.89. The van der Waals surface area contributed by atoms with Crippen molar-refractivity contribution in [2.45, 2.75) is 26.2 Å². The van der Waals surface area contributed by atoms with E-state index in [2.05, 4.69) is 37.9 Å². The third-order valence-electron chi connectivity index (χ3n) is 4.89. The Morgan fingerprint density at radius 2 is 1.52 bits per heavy atom. The van der Waals surface area contributed by atoms with E-state index in [1.54, 1.807) is 0 Å². The number of hydrogen-bond acceptors (Lipinski definition) is 3. The first-order chi connectivity index (χ1) is 13.9. The first kappa shape index (κ1) is 18.9. The number of ketones is 1. The van der Waals surface area contributed by atoms with Crippen molar-refractivity contribution in [1.82, 2.24) is 4.98 Å². The summed E-state index contributed by atoms with van der Waals surface area (Å²) in [6.45, 7) is 6.54.